The van der Waals surface area contributed by atoms with Crippen molar-refractivity contribution in [2.45, 2.75) is 13.3 Å². The molecule has 0 aliphatic carbocycles. The van der Waals surface area contributed by atoms with E-state index >= 15 is 0 Å². The van der Waals surface area contributed by atoms with E-state index in [0.717, 1.165) is 17.7 Å². The number of aryl methyl sites for hydroxylation is 1. The molecule has 94 valence electrons. The Hall–Kier alpha value is -2.30. The van der Waals surface area contributed by atoms with E-state index in [1.54, 1.807) is 0 Å². The highest BCUT2D eigenvalue weighted by molar-refractivity contribution is 5.86. The van der Waals surface area contributed by atoms with Crippen LogP contribution in [0.25, 0.3) is 0 Å². The molecule has 2 aromatic rings. The first-order valence-electron chi connectivity index (χ1n) is 5.52. The molecule has 5 heteroatoms. The summed E-state index contributed by atoms with van der Waals surface area (Å²) in [5.41, 5.74) is 1.06. The Labute approximate surface area is 104 Å². The van der Waals surface area contributed by atoms with E-state index in [4.69, 9.17) is 14.3 Å². The van der Waals surface area contributed by atoms with E-state index in [1.165, 1.54) is 0 Å². The molecule has 5 nitrogen and oxygen atoms in total. The molecule has 0 aliphatic heterocycles. The zero-order valence-corrected chi connectivity index (χ0v) is 9.92. The molecule has 0 saturated heterocycles. The maximum Gasteiger partial charge on any atom is 0.358 e. The minimum absolute atomic E-state index is 0.0529. The summed E-state index contributed by atoms with van der Waals surface area (Å²) in [6.07, 6.45) is 1.50. The van der Waals surface area contributed by atoms with Gasteiger partial charge in [-0.2, -0.15) is 0 Å². The van der Waals surface area contributed by atoms with Crippen LogP contribution in [0.2, 0.25) is 0 Å². The van der Waals surface area contributed by atoms with Crippen LogP contribution in [-0.4, -0.2) is 22.7 Å². The summed E-state index contributed by atoms with van der Waals surface area (Å²) in [5.74, 6) is -0.00384. The maximum atomic E-state index is 10.8. The lowest BCUT2D eigenvalue weighted by Gasteiger charge is -2.05. The minimum atomic E-state index is -1.09. The fourth-order valence-corrected chi connectivity index (χ4v) is 1.59. The number of carboxylic acids is 1. The van der Waals surface area contributed by atoms with Gasteiger partial charge in [0.1, 0.15) is 11.5 Å². The Morgan fingerprint density at radius 3 is 3.06 bits per heavy atom. The van der Waals surface area contributed by atoms with Crippen LogP contribution in [0.4, 0.5) is 0 Å². The molecule has 18 heavy (non-hydrogen) atoms. The number of nitrogens with zero attached hydrogens (tertiary/aromatic N) is 1. The molecule has 0 spiro atoms. The van der Waals surface area contributed by atoms with Crippen molar-refractivity contribution in [1.82, 2.24) is 4.98 Å². The summed E-state index contributed by atoms with van der Waals surface area (Å²) in [5, 5.41) is 8.84. The molecule has 0 amide bonds. The van der Waals surface area contributed by atoms with Crippen LogP contribution in [-0.2, 0) is 6.42 Å². The summed E-state index contributed by atoms with van der Waals surface area (Å²) in [4.78, 5) is 14.4. The maximum absolute atomic E-state index is 10.8. The molecule has 0 unspecified atom stereocenters. The van der Waals surface area contributed by atoms with Crippen molar-refractivity contribution in [2.75, 3.05) is 6.61 Å². The molecular weight excluding hydrogens is 234 g/mol. The largest absolute Gasteiger partial charge is 0.493 e. The Morgan fingerprint density at radius 1 is 1.50 bits per heavy atom. The quantitative estimate of drug-likeness (QED) is 0.877. The Morgan fingerprint density at radius 2 is 2.33 bits per heavy atom. The highest BCUT2D eigenvalue weighted by Crippen LogP contribution is 2.13. The molecule has 0 fully saturated rings. The number of oxazole rings is 1. The third kappa shape index (κ3) is 2.88. The molecule has 0 aliphatic rings. The average Bonchev–Trinajstić information content (AvgIpc) is 2.77. The molecule has 2 rings (SSSR count). The van der Waals surface area contributed by atoms with Crippen molar-refractivity contribution < 1.29 is 19.1 Å². The fourth-order valence-electron chi connectivity index (χ4n) is 1.59. The molecule has 1 N–H and O–H groups in total. The van der Waals surface area contributed by atoms with Crippen molar-refractivity contribution in [3.63, 3.8) is 0 Å². The fraction of sp³-hybridized carbons (Fsp3) is 0.231. The number of carbonyl (C=O) groups is 1. The predicted molar refractivity (Wildman–Crippen MR) is 63.8 cm³/mol. The number of aromatic nitrogens is 1. The summed E-state index contributed by atoms with van der Waals surface area (Å²) >= 11 is 0. The lowest BCUT2D eigenvalue weighted by molar-refractivity contribution is 0.0688. The first kappa shape index (κ1) is 12.2. The van der Waals surface area contributed by atoms with Gasteiger partial charge < -0.3 is 14.3 Å². The molecule has 0 saturated carbocycles. The van der Waals surface area contributed by atoms with Gasteiger partial charge in [0.15, 0.2) is 12.1 Å². The highest BCUT2D eigenvalue weighted by atomic mass is 16.5. The molecule has 0 bridgehead atoms. The van der Waals surface area contributed by atoms with Crippen molar-refractivity contribution in [3.05, 3.63) is 47.7 Å². The number of carboxylic acid groups (broad SMARTS) is 1. The minimum Gasteiger partial charge on any atom is -0.493 e. The molecule has 0 atom stereocenters. The van der Waals surface area contributed by atoms with Gasteiger partial charge in [-0.25, -0.2) is 9.78 Å². The van der Waals surface area contributed by atoms with Gasteiger partial charge in [-0.15, -0.1) is 0 Å². The van der Waals surface area contributed by atoms with Crippen molar-refractivity contribution in [3.8, 4) is 5.75 Å². The summed E-state index contributed by atoms with van der Waals surface area (Å²) in [6, 6.07) is 7.65. The smallest absolute Gasteiger partial charge is 0.358 e. The van der Waals surface area contributed by atoms with Crippen molar-refractivity contribution in [1.29, 1.82) is 0 Å². The van der Waals surface area contributed by atoms with Crippen LogP contribution in [0, 0.1) is 6.92 Å². The van der Waals surface area contributed by atoms with E-state index < -0.39 is 5.97 Å². The van der Waals surface area contributed by atoms with Crippen molar-refractivity contribution in [2.24, 2.45) is 0 Å². The summed E-state index contributed by atoms with van der Waals surface area (Å²) < 4.78 is 10.5. The van der Waals surface area contributed by atoms with Crippen LogP contribution in [0.15, 0.2) is 35.1 Å². The number of hydrogen-bond acceptors (Lipinski definition) is 4. The molecular formula is C13H13NO4. The van der Waals surface area contributed by atoms with Crippen molar-refractivity contribution >= 4 is 5.97 Å². The van der Waals surface area contributed by atoms with Gasteiger partial charge in [-0.1, -0.05) is 12.1 Å². The lowest BCUT2D eigenvalue weighted by atomic mass is 10.2. The SMILES string of the molecule is Cc1cccc(OCCc2ocnc2C(=O)O)c1. The first-order chi connectivity index (χ1) is 8.66. The normalized spacial score (nSPS) is 10.3. The van der Waals surface area contributed by atoms with Gasteiger partial charge in [0, 0.05) is 6.42 Å². The highest BCUT2D eigenvalue weighted by Gasteiger charge is 2.14. The third-order valence-electron chi connectivity index (χ3n) is 2.43. The molecule has 0 radical (unpaired) electrons. The molecule has 1 aromatic heterocycles. The number of ether oxygens (including phenoxy) is 1. The Balaban J connectivity index is 1.92. The van der Waals surface area contributed by atoms with Gasteiger partial charge in [0.05, 0.1) is 6.61 Å². The number of rotatable bonds is 5. The van der Waals surface area contributed by atoms with E-state index in [1.807, 2.05) is 31.2 Å². The third-order valence-corrected chi connectivity index (χ3v) is 2.43. The predicted octanol–water partition coefficient (Wildman–Crippen LogP) is 2.30. The topological polar surface area (TPSA) is 72.6 Å². The summed E-state index contributed by atoms with van der Waals surface area (Å²) in [7, 11) is 0. The van der Waals surface area contributed by atoms with E-state index in [-0.39, 0.29) is 5.69 Å². The lowest BCUT2D eigenvalue weighted by Crippen LogP contribution is -2.06. The number of hydrogen-bond donors (Lipinski definition) is 1. The van der Waals surface area contributed by atoms with Gasteiger partial charge in [0.25, 0.3) is 0 Å². The second kappa shape index (κ2) is 5.35. The van der Waals surface area contributed by atoms with Crippen LogP contribution in [0.1, 0.15) is 21.8 Å². The van der Waals surface area contributed by atoms with E-state index in [0.29, 0.717) is 18.8 Å². The van der Waals surface area contributed by atoms with Crippen LogP contribution >= 0.6 is 0 Å². The Kier molecular flexibility index (Phi) is 3.62. The number of benzene rings is 1. The van der Waals surface area contributed by atoms with Gasteiger partial charge >= 0.3 is 5.97 Å². The zero-order chi connectivity index (χ0) is 13.0. The first-order valence-corrected chi connectivity index (χ1v) is 5.52. The average molecular weight is 247 g/mol. The molecule has 1 aromatic carbocycles. The zero-order valence-electron chi connectivity index (χ0n) is 9.92. The number of aromatic carboxylic acids is 1. The second-order valence-electron chi connectivity index (χ2n) is 3.84. The van der Waals surface area contributed by atoms with E-state index in [2.05, 4.69) is 4.98 Å². The Bertz CT molecular complexity index is 547. The monoisotopic (exact) mass is 247 g/mol. The summed E-state index contributed by atoms with van der Waals surface area (Å²) in [6.45, 7) is 2.32. The van der Waals surface area contributed by atoms with Crippen LogP contribution in [0.5, 0.6) is 5.75 Å². The van der Waals surface area contributed by atoms with Crippen LogP contribution < -0.4 is 4.74 Å². The van der Waals surface area contributed by atoms with Gasteiger partial charge in [-0.05, 0) is 24.6 Å². The second-order valence-corrected chi connectivity index (χ2v) is 3.84. The van der Waals surface area contributed by atoms with Gasteiger partial charge in [-0.3, -0.25) is 0 Å². The van der Waals surface area contributed by atoms with Crippen LogP contribution in [0.3, 0.4) is 0 Å². The van der Waals surface area contributed by atoms with E-state index in [9.17, 15) is 4.79 Å². The van der Waals surface area contributed by atoms with Gasteiger partial charge in [0.2, 0.25) is 0 Å². The molecule has 1 heterocycles. The standard InChI is InChI=1S/C13H13NO4/c1-9-3-2-4-10(7-9)17-6-5-11-12(13(15)16)14-8-18-11/h2-4,7-8H,5-6H2,1H3,(H,15,16).